The summed E-state index contributed by atoms with van der Waals surface area (Å²) in [6.07, 6.45) is 0. The van der Waals surface area contributed by atoms with E-state index in [1.54, 1.807) is 7.11 Å². The summed E-state index contributed by atoms with van der Waals surface area (Å²) in [4.78, 5) is 0. The molecule has 1 rings (SSSR count). The fourth-order valence-electron chi connectivity index (χ4n) is 2.15. The standard InChI is InChI=1S/C9H17BrO/c1-8(2)7(5-10)9(8,3)6-11-4/h7H,5-6H2,1-4H3. The minimum atomic E-state index is 0.394. The van der Waals surface area contributed by atoms with Gasteiger partial charge in [0.15, 0.2) is 0 Å². The molecule has 2 atom stereocenters. The zero-order valence-electron chi connectivity index (χ0n) is 7.78. The Morgan fingerprint density at radius 1 is 1.36 bits per heavy atom. The maximum Gasteiger partial charge on any atom is 0.0524 e. The number of alkyl halides is 1. The van der Waals surface area contributed by atoms with Crippen molar-refractivity contribution in [2.24, 2.45) is 16.7 Å². The van der Waals surface area contributed by atoms with Gasteiger partial charge in [-0.1, -0.05) is 36.7 Å². The molecule has 0 amide bonds. The fourth-order valence-corrected chi connectivity index (χ4v) is 3.67. The lowest BCUT2D eigenvalue weighted by Gasteiger charge is -2.12. The molecule has 0 saturated heterocycles. The van der Waals surface area contributed by atoms with Crippen molar-refractivity contribution in [2.45, 2.75) is 20.8 Å². The van der Waals surface area contributed by atoms with Crippen LogP contribution in [0.1, 0.15) is 20.8 Å². The van der Waals surface area contributed by atoms with Gasteiger partial charge in [0.1, 0.15) is 0 Å². The Kier molecular flexibility index (Phi) is 2.37. The molecule has 66 valence electrons. The Morgan fingerprint density at radius 2 is 1.91 bits per heavy atom. The zero-order chi connectivity index (χ0) is 8.70. The second-order valence-corrected chi connectivity index (χ2v) is 4.93. The molecule has 0 aromatic rings. The van der Waals surface area contributed by atoms with Gasteiger partial charge < -0.3 is 4.74 Å². The molecular formula is C9H17BrO. The first-order valence-corrected chi connectivity index (χ1v) is 5.17. The molecule has 2 unspecified atom stereocenters. The van der Waals surface area contributed by atoms with Gasteiger partial charge in [0.2, 0.25) is 0 Å². The van der Waals surface area contributed by atoms with Crippen LogP contribution in [0.4, 0.5) is 0 Å². The highest BCUT2D eigenvalue weighted by Crippen LogP contribution is 2.69. The van der Waals surface area contributed by atoms with E-state index in [0.717, 1.165) is 17.9 Å². The predicted octanol–water partition coefficient (Wildman–Crippen LogP) is 2.69. The molecule has 1 fully saturated rings. The summed E-state index contributed by atoms with van der Waals surface area (Å²) in [7, 11) is 1.78. The molecule has 0 aromatic heterocycles. The third kappa shape index (κ3) is 1.15. The first-order chi connectivity index (χ1) is 5.00. The molecular weight excluding hydrogens is 204 g/mol. The van der Waals surface area contributed by atoms with Crippen LogP contribution >= 0.6 is 15.9 Å². The van der Waals surface area contributed by atoms with E-state index in [1.165, 1.54) is 0 Å². The van der Waals surface area contributed by atoms with E-state index in [2.05, 4.69) is 36.7 Å². The number of ether oxygens (including phenoxy) is 1. The van der Waals surface area contributed by atoms with Gasteiger partial charge in [-0.2, -0.15) is 0 Å². The highest BCUT2D eigenvalue weighted by atomic mass is 79.9. The number of hydrogen-bond acceptors (Lipinski definition) is 1. The van der Waals surface area contributed by atoms with Gasteiger partial charge in [-0.3, -0.25) is 0 Å². The summed E-state index contributed by atoms with van der Waals surface area (Å²) in [5.41, 5.74) is 0.845. The Morgan fingerprint density at radius 3 is 2.18 bits per heavy atom. The smallest absolute Gasteiger partial charge is 0.0524 e. The van der Waals surface area contributed by atoms with Crippen molar-refractivity contribution >= 4 is 15.9 Å². The van der Waals surface area contributed by atoms with E-state index in [9.17, 15) is 0 Å². The van der Waals surface area contributed by atoms with Crippen LogP contribution in [0.3, 0.4) is 0 Å². The van der Waals surface area contributed by atoms with Crippen molar-refractivity contribution < 1.29 is 4.74 Å². The monoisotopic (exact) mass is 220 g/mol. The summed E-state index contributed by atoms with van der Waals surface area (Å²) in [5.74, 6) is 0.773. The quantitative estimate of drug-likeness (QED) is 0.666. The topological polar surface area (TPSA) is 9.23 Å². The predicted molar refractivity (Wildman–Crippen MR) is 51.0 cm³/mol. The SMILES string of the molecule is COCC1(C)C(CBr)C1(C)C. The summed E-state index contributed by atoms with van der Waals surface area (Å²) in [6, 6.07) is 0. The number of hydrogen-bond donors (Lipinski definition) is 0. The van der Waals surface area contributed by atoms with Crippen LogP contribution in [0, 0.1) is 16.7 Å². The average molecular weight is 221 g/mol. The number of rotatable bonds is 3. The summed E-state index contributed by atoms with van der Waals surface area (Å²) in [5, 5.41) is 1.10. The zero-order valence-corrected chi connectivity index (χ0v) is 9.36. The van der Waals surface area contributed by atoms with Crippen LogP contribution < -0.4 is 0 Å². The fraction of sp³-hybridized carbons (Fsp3) is 1.00. The third-order valence-electron chi connectivity index (χ3n) is 3.63. The Labute approximate surface area is 77.6 Å². The number of halogens is 1. The third-order valence-corrected chi connectivity index (χ3v) is 4.27. The lowest BCUT2D eigenvalue weighted by atomic mass is 10.00. The van der Waals surface area contributed by atoms with Gasteiger partial charge in [-0.15, -0.1) is 0 Å². The van der Waals surface area contributed by atoms with E-state index in [0.29, 0.717) is 10.8 Å². The lowest BCUT2D eigenvalue weighted by molar-refractivity contribution is 0.128. The van der Waals surface area contributed by atoms with Crippen LogP contribution in [0.2, 0.25) is 0 Å². The minimum absolute atomic E-state index is 0.394. The van der Waals surface area contributed by atoms with Crippen LogP contribution in [-0.4, -0.2) is 19.0 Å². The summed E-state index contributed by atoms with van der Waals surface area (Å²) in [6.45, 7) is 7.83. The van der Waals surface area contributed by atoms with Gasteiger partial charge in [-0.25, -0.2) is 0 Å². The van der Waals surface area contributed by atoms with Crippen molar-refractivity contribution in [2.75, 3.05) is 19.0 Å². The van der Waals surface area contributed by atoms with Gasteiger partial charge in [-0.05, 0) is 11.3 Å². The lowest BCUT2D eigenvalue weighted by Crippen LogP contribution is -2.11. The van der Waals surface area contributed by atoms with Crippen molar-refractivity contribution in [3.8, 4) is 0 Å². The second-order valence-electron chi connectivity index (χ2n) is 4.28. The van der Waals surface area contributed by atoms with E-state index < -0.39 is 0 Å². The normalized spacial score (nSPS) is 40.6. The van der Waals surface area contributed by atoms with Crippen LogP contribution in [-0.2, 0) is 4.74 Å². The summed E-state index contributed by atoms with van der Waals surface area (Å²) < 4.78 is 5.22. The maximum absolute atomic E-state index is 5.22. The van der Waals surface area contributed by atoms with Crippen LogP contribution in [0.5, 0.6) is 0 Å². The van der Waals surface area contributed by atoms with E-state index in [-0.39, 0.29) is 0 Å². The first kappa shape index (κ1) is 9.53. The van der Waals surface area contributed by atoms with E-state index in [1.807, 2.05) is 0 Å². The highest BCUT2D eigenvalue weighted by molar-refractivity contribution is 9.09. The molecule has 1 aliphatic carbocycles. The maximum atomic E-state index is 5.22. The Balaban J connectivity index is 2.61. The molecule has 11 heavy (non-hydrogen) atoms. The number of methoxy groups -OCH3 is 1. The molecule has 1 aliphatic rings. The highest BCUT2D eigenvalue weighted by Gasteiger charge is 2.66. The molecule has 1 saturated carbocycles. The second kappa shape index (κ2) is 2.74. The molecule has 1 nitrogen and oxygen atoms in total. The largest absolute Gasteiger partial charge is 0.384 e. The molecule has 2 heteroatoms. The summed E-state index contributed by atoms with van der Waals surface area (Å²) >= 11 is 3.54. The minimum Gasteiger partial charge on any atom is -0.384 e. The molecule has 0 aliphatic heterocycles. The molecule has 0 aromatic carbocycles. The van der Waals surface area contributed by atoms with Crippen molar-refractivity contribution in [1.29, 1.82) is 0 Å². The van der Waals surface area contributed by atoms with E-state index >= 15 is 0 Å². The average Bonchev–Trinajstić information content (AvgIpc) is 2.28. The van der Waals surface area contributed by atoms with Crippen molar-refractivity contribution in [3.63, 3.8) is 0 Å². The van der Waals surface area contributed by atoms with Crippen LogP contribution in [0.25, 0.3) is 0 Å². The van der Waals surface area contributed by atoms with Crippen molar-refractivity contribution in [3.05, 3.63) is 0 Å². The molecule has 0 radical (unpaired) electrons. The molecule has 0 spiro atoms. The van der Waals surface area contributed by atoms with Gasteiger partial charge in [0.05, 0.1) is 6.61 Å². The Hall–Kier alpha value is 0.440. The van der Waals surface area contributed by atoms with Gasteiger partial charge in [0.25, 0.3) is 0 Å². The van der Waals surface area contributed by atoms with Crippen molar-refractivity contribution in [1.82, 2.24) is 0 Å². The molecule has 0 heterocycles. The Bertz CT molecular complexity index is 156. The van der Waals surface area contributed by atoms with E-state index in [4.69, 9.17) is 4.74 Å². The van der Waals surface area contributed by atoms with Crippen LogP contribution in [0.15, 0.2) is 0 Å². The molecule has 0 N–H and O–H groups in total. The molecule has 0 bridgehead atoms. The first-order valence-electron chi connectivity index (χ1n) is 4.05. The van der Waals surface area contributed by atoms with Gasteiger partial charge in [0, 0.05) is 17.9 Å². The van der Waals surface area contributed by atoms with Gasteiger partial charge >= 0.3 is 0 Å².